The molecule has 3 rings (SSSR count). The maximum Gasteiger partial charge on any atom is 0.257 e. The summed E-state index contributed by atoms with van der Waals surface area (Å²) in [6.07, 6.45) is 0. The number of hydrogen-bond donors (Lipinski definition) is 1. The van der Waals surface area contributed by atoms with Crippen LogP contribution in [0.2, 0.25) is 0 Å². The zero-order valence-corrected chi connectivity index (χ0v) is 12.7. The second kappa shape index (κ2) is 5.24. The molecule has 1 saturated heterocycles. The van der Waals surface area contributed by atoms with Crippen molar-refractivity contribution in [3.63, 3.8) is 0 Å². The maximum atomic E-state index is 10.2. The first-order valence-corrected chi connectivity index (χ1v) is 7.31. The van der Waals surface area contributed by atoms with Crippen LogP contribution in [-0.2, 0) is 6.54 Å². The molecule has 0 bridgehead atoms. The van der Waals surface area contributed by atoms with Gasteiger partial charge in [0.25, 0.3) is 5.89 Å². The van der Waals surface area contributed by atoms with Gasteiger partial charge in [-0.15, -0.1) is 0 Å². The molecule has 1 aromatic carbocycles. The SMILES string of the molecule is Cc1ccc(-c2nc(CN3CC(O)(C(C)C)C3)no2)cc1. The number of aryl methyl sites for hydroxylation is 1. The minimum Gasteiger partial charge on any atom is -0.387 e. The van der Waals surface area contributed by atoms with Gasteiger partial charge in [-0.2, -0.15) is 4.98 Å². The van der Waals surface area contributed by atoms with Crippen LogP contribution in [0.25, 0.3) is 11.5 Å². The second-order valence-electron chi connectivity index (χ2n) is 6.29. The van der Waals surface area contributed by atoms with Crippen LogP contribution in [0.3, 0.4) is 0 Å². The molecule has 112 valence electrons. The Balaban J connectivity index is 1.63. The number of nitrogens with zero attached hydrogens (tertiary/aromatic N) is 3. The van der Waals surface area contributed by atoms with Gasteiger partial charge in [0.2, 0.25) is 0 Å². The van der Waals surface area contributed by atoms with Crippen molar-refractivity contribution < 1.29 is 9.63 Å². The smallest absolute Gasteiger partial charge is 0.257 e. The normalized spacial score (nSPS) is 18.0. The summed E-state index contributed by atoms with van der Waals surface area (Å²) in [6.45, 7) is 8.08. The zero-order valence-electron chi connectivity index (χ0n) is 12.7. The van der Waals surface area contributed by atoms with Crippen molar-refractivity contribution in [2.24, 2.45) is 5.92 Å². The molecule has 0 radical (unpaired) electrons. The highest BCUT2D eigenvalue weighted by atomic mass is 16.5. The molecule has 2 heterocycles. The Labute approximate surface area is 124 Å². The Hall–Kier alpha value is -1.72. The Morgan fingerprint density at radius 1 is 1.29 bits per heavy atom. The van der Waals surface area contributed by atoms with E-state index in [2.05, 4.69) is 15.0 Å². The number of aliphatic hydroxyl groups is 1. The minimum atomic E-state index is -0.566. The van der Waals surface area contributed by atoms with Crippen LogP contribution < -0.4 is 0 Å². The van der Waals surface area contributed by atoms with Crippen molar-refractivity contribution in [2.75, 3.05) is 13.1 Å². The van der Waals surface area contributed by atoms with Crippen LogP contribution in [0.4, 0.5) is 0 Å². The fourth-order valence-corrected chi connectivity index (χ4v) is 2.54. The quantitative estimate of drug-likeness (QED) is 0.934. The molecule has 2 aromatic rings. The van der Waals surface area contributed by atoms with E-state index in [1.165, 1.54) is 5.56 Å². The summed E-state index contributed by atoms with van der Waals surface area (Å²) < 4.78 is 5.31. The number of β-amino-alcohol motifs (C(OH)–C–C–N with tert-alkyl or cyclic N) is 1. The van der Waals surface area contributed by atoms with Crippen LogP contribution in [0, 0.1) is 12.8 Å². The van der Waals surface area contributed by atoms with Gasteiger partial charge in [0.15, 0.2) is 5.82 Å². The fraction of sp³-hybridized carbons (Fsp3) is 0.500. The lowest BCUT2D eigenvalue weighted by Gasteiger charge is -2.48. The molecule has 1 aliphatic heterocycles. The van der Waals surface area contributed by atoms with Crippen molar-refractivity contribution in [3.05, 3.63) is 35.7 Å². The summed E-state index contributed by atoms with van der Waals surface area (Å²) in [5.41, 5.74) is 1.57. The lowest BCUT2D eigenvalue weighted by molar-refractivity contribution is -0.131. The average molecular weight is 287 g/mol. The van der Waals surface area contributed by atoms with Crippen LogP contribution in [0.1, 0.15) is 25.2 Å². The highest BCUT2D eigenvalue weighted by molar-refractivity contribution is 5.53. The van der Waals surface area contributed by atoms with Crippen molar-refractivity contribution in [1.29, 1.82) is 0 Å². The molecule has 5 nitrogen and oxygen atoms in total. The molecule has 1 N–H and O–H groups in total. The third-order valence-corrected chi connectivity index (χ3v) is 4.20. The zero-order chi connectivity index (χ0) is 15.0. The molecule has 1 aliphatic rings. The Kier molecular flexibility index (Phi) is 3.55. The molecule has 0 unspecified atom stereocenters. The van der Waals surface area contributed by atoms with Gasteiger partial charge in [-0.25, -0.2) is 0 Å². The van der Waals surface area contributed by atoms with E-state index in [1.54, 1.807) is 0 Å². The van der Waals surface area contributed by atoms with Gasteiger partial charge in [0.1, 0.15) is 0 Å². The van der Waals surface area contributed by atoms with Gasteiger partial charge >= 0.3 is 0 Å². The van der Waals surface area contributed by atoms with Crippen LogP contribution in [-0.4, -0.2) is 38.8 Å². The maximum absolute atomic E-state index is 10.2. The summed E-state index contributed by atoms with van der Waals surface area (Å²) >= 11 is 0. The third-order valence-electron chi connectivity index (χ3n) is 4.20. The summed E-state index contributed by atoms with van der Waals surface area (Å²) in [5, 5.41) is 14.3. The monoisotopic (exact) mass is 287 g/mol. The van der Waals surface area contributed by atoms with Crippen LogP contribution >= 0.6 is 0 Å². The van der Waals surface area contributed by atoms with Crippen LogP contribution in [0.5, 0.6) is 0 Å². The van der Waals surface area contributed by atoms with E-state index >= 15 is 0 Å². The predicted molar refractivity (Wildman–Crippen MR) is 79.5 cm³/mol. The molecule has 1 fully saturated rings. The summed E-state index contributed by atoms with van der Waals surface area (Å²) in [6, 6.07) is 8.01. The topological polar surface area (TPSA) is 62.4 Å². The van der Waals surface area contributed by atoms with Crippen LogP contribution in [0.15, 0.2) is 28.8 Å². The van der Waals surface area contributed by atoms with E-state index in [-0.39, 0.29) is 5.92 Å². The Morgan fingerprint density at radius 3 is 2.57 bits per heavy atom. The van der Waals surface area contributed by atoms with E-state index in [0.717, 1.165) is 5.56 Å². The molecule has 0 atom stereocenters. The van der Waals surface area contributed by atoms with Gasteiger partial charge in [-0.3, -0.25) is 4.90 Å². The third kappa shape index (κ3) is 2.84. The largest absolute Gasteiger partial charge is 0.387 e. The summed E-state index contributed by atoms with van der Waals surface area (Å²) in [7, 11) is 0. The highest BCUT2D eigenvalue weighted by Crippen LogP contribution is 2.29. The van der Waals surface area contributed by atoms with Crippen molar-refractivity contribution in [3.8, 4) is 11.5 Å². The number of benzene rings is 1. The summed E-state index contributed by atoms with van der Waals surface area (Å²) in [4.78, 5) is 6.55. The first-order chi connectivity index (χ1) is 9.96. The molecule has 0 spiro atoms. The number of hydrogen-bond acceptors (Lipinski definition) is 5. The van der Waals surface area contributed by atoms with E-state index in [1.807, 2.05) is 45.0 Å². The molecule has 0 saturated carbocycles. The van der Waals surface area contributed by atoms with E-state index in [0.29, 0.717) is 31.3 Å². The highest BCUT2D eigenvalue weighted by Gasteiger charge is 2.43. The molecule has 0 aliphatic carbocycles. The first kappa shape index (κ1) is 14.2. The average Bonchev–Trinajstić information content (AvgIpc) is 2.86. The van der Waals surface area contributed by atoms with E-state index in [9.17, 15) is 5.11 Å². The van der Waals surface area contributed by atoms with Gasteiger partial charge in [0, 0.05) is 18.7 Å². The second-order valence-corrected chi connectivity index (χ2v) is 6.29. The molecule has 21 heavy (non-hydrogen) atoms. The standard InChI is InChI=1S/C16H21N3O2/c1-11(2)16(20)9-19(10-16)8-14-17-15(21-18-14)13-6-4-12(3)5-7-13/h4-7,11,20H,8-10H2,1-3H3. The van der Waals surface area contributed by atoms with Crippen molar-refractivity contribution >= 4 is 0 Å². The van der Waals surface area contributed by atoms with E-state index < -0.39 is 5.60 Å². The number of rotatable bonds is 4. The lowest BCUT2D eigenvalue weighted by Crippen LogP contribution is -2.63. The van der Waals surface area contributed by atoms with Gasteiger partial charge in [0.05, 0.1) is 12.1 Å². The first-order valence-electron chi connectivity index (χ1n) is 7.31. The van der Waals surface area contributed by atoms with Crippen molar-refractivity contribution in [2.45, 2.75) is 32.9 Å². The fourth-order valence-electron chi connectivity index (χ4n) is 2.54. The number of aromatic nitrogens is 2. The lowest BCUT2D eigenvalue weighted by atomic mass is 9.83. The molecular formula is C16H21N3O2. The summed E-state index contributed by atoms with van der Waals surface area (Å²) in [5.74, 6) is 1.48. The molecule has 1 aromatic heterocycles. The van der Waals surface area contributed by atoms with Gasteiger partial charge in [-0.05, 0) is 25.0 Å². The molecule has 0 amide bonds. The van der Waals surface area contributed by atoms with E-state index in [4.69, 9.17) is 4.52 Å². The Bertz CT molecular complexity index is 613. The Morgan fingerprint density at radius 2 is 1.95 bits per heavy atom. The minimum absolute atomic E-state index is 0.266. The predicted octanol–water partition coefficient (Wildman–Crippen LogP) is 2.25. The molecular weight excluding hydrogens is 266 g/mol. The van der Waals surface area contributed by atoms with Gasteiger partial charge in [-0.1, -0.05) is 36.7 Å². The number of likely N-dealkylation sites (tertiary alicyclic amines) is 1. The molecule has 5 heteroatoms. The van der Waals surface area contributed by atoms with Crippen molar-refractivity contribution in [1.82, 2.24) is 15.0 Å². The van der Waals surface area contributed by atoms with Gasteiger partial charge < -0.3 is 9.63 Å².